The summed E-state index contributed by atoms with van der Waals surface area (Å²) in [5.41, 5.74) is 3.70. The lowest BCUT2D eigenvalue weighted by atomic mass is 10.1. The van der Waals surface area contributed by atoms with Crippen molar-refractivity contribution in [3.05, 3.63) is 41.8 Å². The van der Waals surface area contributed by atoms with E-state index >= 15 is 0 Å². The summed E-state index contributed by atoms with van der Waals surface area (Å²) < 4.78 is 0. The lowest BCUT2D eigenvalue weighted by Gasteiger charge is -2.07. The van der Waals surface area contributed by atoms with Crippen LogP contribution in [0.15, 0.2) is 18.2 Å². The molecule has 0 aliphatic heterocycles. The van der Waals surface area contributed by atoms with E-state index in [9.17, 15) is 0 Å². The number of hydrogen-bond donors (Lipinski definition) is 0. The first-order valence-electron chi connectivity index (χ1n) is 3.09. The Morgan fingerprint density at radius 1 is 1.22 bits per heavy atom. The highest BCUT2D eigenvalue weighted by atomic mass is 13.9. The zero-order valence-electron chi connectivity index (χ0n) is 5.94. The van der Waals surface area contributed by atoms with Crippen LogP contribution in [0, 0.1) is 20.8 Å². The van der Waals surface area contributed by atoms with E-state index in [1.165, 1.54) is 11.1 Å². The van der Waals surface area contributed by atoms with E-state index in [0.717, 1.165) is 5.56 Å². The summed E-state index contributed by atoms with van der Waals surface area (Å²) in [5.74, 6) is 0. The fourth-order valence-electron chi connectivity index (χ4n) is 0.846. The van der Waals surface area contributed by atoms with Crippen molar-refractivity contribution in [2.75, 3.05) is 0 Å². The minimum atomic E-state index is 1.13. The van der Waals surface area contributed by atoms with Crippen molar-refractivity contribution < 1.29 is 0 Å². The van der Waals surface area contributed by atoms with Gasteiger partial charge in [-0.1, -0.05) is 12.5 Å². The van der Waals surface area contributed by atoms with Gasteiger partial charge in [-0.2, -0.15) is 24.1 Å². The molecule has 48 valence electrons. The number of benzene rings is 1. The van der Waals surface area contributed by atoms with Crippen molar-refractivity contribution in [3.63, 3.8) is 0 Å². The molecule has 0 N–H and O–H groups in total. The molecule has 0 spiro atoms. The molecule has 1 aromatic rings. The van der Waals surface area contributed by atoms with Gasteiger partial charge in [0.15, 0.2) is 0 Å². The van der Waals surface area contributed by atoms with E-state index in [0.29, 0.717) is 0 Å². The van der Waals surface area contributed by atoms with Gasteiger partial charge in [-0.3, -0.25) is 0 Å². The number of aryl methyl sites for hydroxylation is 2. The van der Waals surface area contributed by atoms with E-state index < -0.39 is 0 Å². The van der Waals surface area contributed by atoms with Gasteiger partial charge in [-0.05, 0) is 6.92 Å². The first-order chi connectivity index (χ1) is 4.20. The Morgan fingerprint density at radius 3 is 2.33 bits per heavy atom. The van der Waals surface area contributed by atoms with E-state index in [-0.39, 0.29) is 0 Å². The fourth-order valence-corrected chi connectivity index (χ4v) is 0.846. The van der Waals surface area contributed by atoms with E-state index in [1.807, 2.05) is 6.07 Å². The molecule has 0 bridgehead atoms. The topological polar surface area (TPSA) is 0 Å². The summed E-state index contributed by atoms with van der Waals surface area (Å²) in [6.07, 6.45) is 0. The molecule has 9 heavy (non-hydrogen) atoms. The van der Waals surface area contributed by atoms with Crippen LogP contribution in [0.2, 0.25) is 0 Å². The second-order valence-corrected chi connectivity index (χ2v) is 2.43. The molecule has 0 aliphatic rings. The van der Waals surface area contributed by atoms with Crippen LogP contribution in [0.5, 0.6) is 0 Å². The molecule has 0 fully saturated rings. The van der Waals surface area contributed by atoms with Crippen LogP contribution in [-0.4, -0.2) is 0 Å². The van der Waals surface area contributed by atoms with Crippen LogP contribution < -0.4 is 0 Å². The van der Waals surface area contributed by atoms with Crippen molar-refractivity contribution in [2.45, 2.75) is 13.8 Å². The first kappa shape index (κ1) is 6.21. The maximum Gasteiger partial charge on any atom is -0.0418 e. The minimum absolute atomic E-state index is 1.13. The average molecular weight is 119 g/mol. The van der Waals surface area contributed by atoms with Crippen LogP contribution in [0.3, 0.4) is 0 Å². The predicted molar refractivity (Wildman–Crippen MR) is 40.4 cm³/mol. The lowest BCUT2D eigenvalue weighted by molar-refractivity contribution is 1.35. The third kappa shape index (κ3) is 1.26. The van der Waals surface area contributed by atoms with Crippen molar-refractivity contribution in [2.24, 2.45) is 0 Å². The highest BCUT2D eigenvalue weighted by molar-refractivity contribution is 5.31. The summed E-state index contributed by atoms with van der Waals surface area (Å²) in [6, 6.07) is 6.27. The van der Waals surface area contributed by atoms with Crippen molar-refractivity contribution in [1.29, 1.82) is 0 Å². The first-order valence-corrected chi connectivity index (χ1v) is 3.09. The molecule has 0 atom stereocenters. The Labute approximate surface area is 56.5 Å². The molecule has 0 saturated heterocycles. The molecule has 0 unspecified atom stereocenters. The Kier molecular flexibility index (Phi) is 1.48. The van der Waals surface area contributed by atoms with Gasteiger partial charge >= 0.3 is 0 Å². The van der Waals surface area contributed by atoms with Crippen LogP contribution >= 0.6 is 0 Å². The summed E-state index contributed by atoms with van der Waals surface area (Å²) >= 11 is 0. The lowest BCUT2D eigenvalue weighted by Crippen LogP contribution is -1.79. The monoisotopic (exact) mass is 119 g/mol. The highest BCUT2D eigenvalue weighted by Crippen LogP contribution is 2.07. The SMILES string of the molecule is [CH2-]c1ccc(C)cc1C. The maximum atomic E-state index is 3.86. The van der Waals surface area contributed by atoms with Crippen LogP contribution in [0.25, 0.3) is 0 Å². The largest absolute Gasteiger partial charge is 0.198 e. The summed E-state index contributed by atoms with van der Waals surface area (Å²) in [5, 5.41) is 0. The van der Waals surface area contributed by atoms with Gasteiger partial charge in [0.25, 0.3) is 0 Å². The van der Waals surface area contributed by atoms with Crippen molar-refractivity contribution >= 4 is 0 Å². The smallest absolute Gasteiger partial charge is 0.0418 e. The third-order valence-corrected chi connectivity index (χ3v) is 1.50. The predicted octanol–water partition coefficient (Wildman–Crippen LogP) is 2.49. The average Bonchev–Trinajstić information content (AvgIpc) is 1.80. The maximum absolute atomic E-state index is 3.86. The molecule has 1 aromatic carbocycles. The summed E-state index contributed by atoms with van der Waals surface area (Å²) in [4.78, 5) is 0. The number of hydrogen-bond acceptors (Lipinski definition) is 0. The Morgan fingerprint density at radius 2 is 1.89 bits per heavy atom. The molecule has 0 nitrogen and oxygen atoms in total. The number of rotatable bonds is 0. The van der Waals surface area contributed by atoms with Gasteiger partial charge in [-0.15, -0.1) is 12.1 Å². The van der Waals surface area contributed by atoms with E-state index in [1.54, 1.807) is 0 Å². The highest BCUT2D eigenvalue weighted by Gasteiger charge is 1.80. The van der Waals surface area contributed by atoms with Crippen LogP contribution in [0.1, 0.15) is 16.7 Å². The molecule has 0 aromatic heterocycles. The molecule has 0 heterocycles. The van der Waals surface area contributed by atoms with Gasteiger partial charge in [0, 0.05) is 0 Å². The van der Waals surface area contributed by atoms with Crippen LogP contribution in [-0.2, 0) is 0 Å². The standard InChI is InChI=1S/C9H11/c1-7-4-5-8(2)9(3)6-7/h4-6H,2H2,1,3H3/q-1. The van der Waals surface area contributed by atoms with Crippen molar-refractivity contribution in [1.82, 2.24) is 0 Å². The summed E-state index contributed by atoms with van der Waals surface area (Å²) in [6.45, 7) is 8.03. The molecule has 0 heteroatoms. The fraction of sp³-hybridized carbons (Fsp3) is 0.222. The van der Waals surface area contributed by atoms with E-state index in [4.69, 9.17) is 0 Å². The van der Waals surface area contributed by atoms with Gasteiger partial charge in [0.1, 0.15) is 0 Å². The molecule has 0 radical (unpaired) electrons. The third-order valence-electron chi connectivity index (χ3n) is 1.50. The zero-order valence-corrected chi connectivity index (χ0v) is 5.94. The van der Waals surface area contributed by atoms with E-state index in [2.05, 4.69) is 32.9 Å². The Balaban J connectivity index is 3.17. The van der Waals surface area contributed by atoms with Gasteiger partial charge in [0.05, 0.1) is 0 Å². The van der Waals surface area contributed by atoms with Gasteiger partial charge < -0.3 is 0 Å². The van der Waals surface area contributed by atoms with Gasteiger partial charge in [-0.25, -0.2) is 0 Å². The Hall–Kier alpha value is -0.910. The van der Waals surface area contributed by atoms with Crippen molar-refractivity contribution in [3.8, 4) is 0 Å². The molecule has 1 rings (SSSR count). The zero-order chi connectivity index (χ0) is 6.85. The quantitative estimate of drug-likeness (QED) is 0.460. The molecule has 0 aliphatic carbocycles. The van der Waals surface area contributed by atoms with Gasteiger partial charge in [0.2, 0.25) is 0 Å². The second kappa shape index (κ2) is 2.14. The summed E-state index contributed by atoms with van der Waals surface area (Å²) in [7, 11) is 0. The minimum Gasteiger partial charge on any atom is -0.198 e. The molecule has 0 saturated carbocycles. The molecular formula is C9H11-. The molecule has 0 amide bonds. The second-order valence-electron chi connectivity index (χ2n) is 2.43. The molecular weight excluding hydrogens is 108 g/mol. The normalized spacial score (nSPS) is 9.56. The Bertz CT molecular complexity index is 211. The van der Waals surface area contributed by atoms with Crippen LogP contribution in [0.4, 0.5) is 0 Å².